The Morgan fingerprint density at radius 1 is 1.11 bits per heavy atom. The lowest BCUT2D eigenvalue weighted by Crippen LogP contribution is -2.34. The van der Waals surface area contributed by atoms with Crippen molar-refractivity contribution in [2.45, 2.75) is 45.9 Å². The van der Waals surface area contributed by atoms with Crippen molar-refractivity contribution in [1.29, 1.82) is 0 Å². The molecule has 1 aromatic carbocycles. The van der Waals surface area contributed by atoms with Crippen LogP contribution in [0.3, 0.4) is 0 Å². The molecule has 0 bridgehead atoms. The number of halogens is 4. The van der Waals surface area contributed by atoms with E-state index in [1.54, 1.807) is 27.7 Å². The summed E-state index contributed by atoms with van der Waals surface area (Å²) in [5.41, 5.74) is -0.771. The van der Waals surface area contributed by atoms with E-state index in [1.807, 2.05) is 0 Å². The number of aromatic nitrogens is 3. The number of carbonyl (C=O) groups is 2. The topological polar surface area (TPSA) is 115 Å². The lowest BCUT2D eigenvalue weighted by molar-refractivity contribution is -0.141. The van der Waals surface area contributed by atoms with Crippen LogP contribution in [0, 0.1) is 12.7 Å². The Labute approximate surface area is 219 Å². The molecular formula is C24H25F4N5O4S. The molecule has 0 aliphatic rings. The number of ether oxygens (including phenoxy) is 2. The second kappa shape index (κ2) is 11.7. The average Bonchev–Trinajstić information content (AvgIpc) is 3.16. The fourth-order valence-corrected chi connectivity index (χ4v) is 3.99. The van der Waals surface area contributed by atoms with Crippen molar-refractivity contribution in [1.82, 2.24) is 19.7 Å². The summed E-state index contributed by atoms with van der Waals surface area (Å²) in [5, 5.41) is 5.08. The largest absolute Gasteiger partial charge is 0.489 e. The molecule has 0 aliphatic heterocycles. The second-order valence-electron chi connectivity index (χ2n) is 9.01. The number of carbonyl (C=O) groups excluding carboxylic acids is 2. The maximum atomic E-state index is 14.5. The van der Waals surface area contributed by atoms with E-state index in [2.05, 4.69) is 25.0 Å². The molecule has 0 atom stereocenters. The maximum absolute atomic E-state index is 14.5. The number of rotatable bonds is 8. The third-order valence-electron chi connectivity index (χ3n) is 4.72. The van der Waals surface area contributed by atoms with Gasteiger partial charge in [-0.1, -0.05) is 0 Å². The molecule has 0 saturated heterocycles. The molecule has 0 aliphatic carbocycles. The Kier molecular flexibility index (Phi) is 8.86. The van der Waals surface area contributed by atoms with Crippen LogP contribution in [0.2, 0.25) is 0 Å². The van der Waals surface area contributed by atoms with Crippen LogP contribution in [0.15, 0.2) is 30.6 Å². The maximum Gasteiger partial charge on any atom is 0.434 e. The summed E-state index contributed by atoms with van der Waals surface area (Å²) in [6.45, 7) is 6.86. The van der Waals surface area contributed by atoms with Crippen LogP contribution in [-0.2, 0) is 17.3 Å². The first-order valence-corrected chi connectivity index (χ1v) is 12.0. The number of benzene rings is 1. The van der Waals surface area contributed by atoms with Crippen molar-refractivity contribution in [3.05, 3.63) is 63.9 Å². The molecule has 0 fully saturated rings. The zero-order valence-corrected chi connectivity index (χ0v) is 21.7. The molecule has 2 heterocycles. The van der Waals surface area contributed by atoms with Crippen molar-refractivity contribution in [2.75, 3.05) is 18.5 Å². The summed E-state index contributed by atoms with van der Waals surface area (Å²) >= 11 is 1.01. The van der Waals surface area contributed by atoms with E-state index in [-0.39, 0.29) is 42.3 Å². The first-order chi connectivity index (χ1) is 17.7. The van der Waals surface area contributed by atoms with E-state index in [9.17, 15) is 27.2 Å². The molecule has 2 N–H and O–H groups in total. The Morgan fingerprint density at radius 2 is 1.84 bits per heavy atom. The monoisotopic (exact) mass is 555 g/mol. The normalized spacial score (nSPS) is 11.7. The average molecular weight is 556 g/mol. The van der Waals surface area contributed by atoms with Gasteiger partial charge in [0.05, 0.1) is 29.7 Å². The van der Waals surface area contributed by atoms with Gasteiger partial charge in [-0.15, -0.1) is 0 Å². The molecule has 3 aromatic rings. The molecule has 9 nitrogen and oxygen atoms in total. The molecule has 38 heavy (non-hydrogen) atoms. The van der Waals surface area contributed by atoms with Crippen LogP contribution in [0.1, 0.15) is 53.1 Å². The fourth-order valence-electron chi connectivity index (χ4n) is 3.10. The summed E-state index contributed by atoms with van der Waals surface area (Å²) in [6.07, 6.45) is -3.57. The van der Waals surface area contributed by atoms with Gasteiger partial charge in [0.2, 0.25) is 0 Å². The van der Waals surface area contributed by atoms with Gasteiger partial charge in [-0.25, -0.2) is 14.2 Å². The van der Waals surface area contributed by atoms with Gasteiger partial charge < -0.3 is 20.1 Å². The third-order valence-corrected chi connectivity index (χ3v) is 5.65. The highest BCUT2D eigenvalue weighted by Crippen LogP contribution is 2.28. The summed E-state index contributed by atoms with van der Waals surface area (Å²) in [4.78, 5) is 32.2. The zero-order valence-electron chi connectivity index (χ0n) is 20.9. The minimum atomic E-state index is -4.61. The Hall–Kier alpha value is -3.81. The lowest BCUT2D eigenvalue weighted by Gasteiger charge is -2.19. The third kappa shape index (κ3) is 8.10. The molecule has 14 heteroatoms. The lowest BCUT2D eigenvalue weighted by atomic mass is 10.1. The van der Waals surface area contributed by atoms with Crippen LogP contribution < -0.4 is 15.4 Å². The van der Waals surface area contributed by atoms with Gasteiger partial charge in [0.1, 0.15) is 12.2 Å². The molecule has 3 rings (SSSR count). The van der Waals surface area contributed by atoms with Gasteiger partial charge in [-0.3, -0.25) is 9.78 Å². The standard InChI is InChI=1S/C24H25F4N5O4S/c1-13-20(18(38-33-13)10-15-11-31-19(12-30-15)24(26,27)28)21(34)32-14-5-6-17(16(25)9-14)36-8-7-29-22(35)37-23(2,3)4/h5-6,9,11-12H,7-8,10H2,1-4H3,(H,29,35)(H,32,34). The summed E-state index contributed by atoms with van der Waals surface area (Å²) < 4.78 is 67.3. The zero-order chi connectivity index (χ0) is 28.1. The van der Waals surface area contributed by atoms with Gasteiger partial charge in [0.25, 0.3) is 5.91 Å². The summed E-state index contributed by atoms with van der Waals surface area (Å²) in [7, 11) is 0. The van der Waals surface area contributed by atoms with Gasteiger partial charge in [0.15, 0.2) is 17.3 Å². The Bertz CT molecular complexity index is 1290. The van der Waals surface area contributed by atoms with Crippen LogP contribution >= 0.6 is 11.5 Å². The summed E-state index contributed by atoms with van der Waals surface area (Å²) in [5.74, 6) is -1.38. The number of hydrogen-bond acceptors (Lipinski definition) is 8. The van der Waals surface area contributed by atoms with Gasteiger partial charge in [-0.05, 0) is 51.4 Å². The van der Waals surface area contributed by atoms with Crippen LogP contribution in [0.4, 0.5) is 28.0 Å². The van der Waals surface area contributed by atoms with E-state index in [4.69, 9.17) is 9.47 Å². The molecule has 2 amide bonds. The highest BCUT2D eigenvalue weighted by atomic mass is 32.1. The minimum absolute atomic E-state index is 0.0160. The number of aryl methyl sites for hydroxylation is 1. The Morgan fingerprint density at radius 3 is 2.45 bits per heavy atom. The quantitative estimate of drug-likeness (QED) is 0.292. The number of nitrogens with one attached hydrogen (secondary N) is 2. The van der Waals surface area contributed by atoms with Gasteiger partial charge in [-0.2, -0.15) is 17.5 Å². The first kappa shape index (κ1) is 28.8. The molecular weight excluding hydrogens is 530 g/mol. The van der Waals surface area contributed by atoms with Crippen molar-refractivity contribution < 1.29 is 36.6 Å². The summed E-state index contributed by atoms with van der Waals surface area (Å²) in [6, 6.07) is 3.84. The van der Waals surface area contributed by atoms with Crippen molar-refractivity contribution >= 4 is 29.2 Å². The number of alkyl halides is 3. The molecule has 0 radical (unpaired) electrons. The van der Waals surface area contributed by atoms with Gasteiger partial charge >= 0.3 is 12.3 Å². The highest BCUT2D eigenvalue weighted by Gasteiger charge is 2.32. The van der Waals surface area contributed by atoms with Crippen molar-refractivity contribution in [3.8, 4) is 5.75 Å². The van der Waals surface area contributed by atoms with Crippen LogP contribution in [0.5, 0.6) is 5.75 Å². The van der Waals surface area contributed by atoms with E-state index in [0.717, 1.165) is 23.8 Å². The molecule has 2 aromatic heterocycles. The molecule has 204 valence electrons. The van der Waals surface area contributed by atoms with Gasteiger partial charge in [0, 0.05) is 29.2 Å². The van der Waals surface area contributed by atoms with E-state index >= 15 is 0 Å². The molecule has 0 saturated carbocycles. The number of amides is 2. The number of hydrogen-bond donors (Lipinski definition) is 2. The molecule has 0 spiro atoms. The Balaban J connectivity index is 1.60. The smallest absolute Gasteiger partial charge is 0.434 e. The van der Waals surface area contributed by atoms with Crippen molar-refractivity contribution in [2.24, 2.45) is 0 Å². The second-order valence-corrected chi connectivity index (χ2v) is 9.87. The van der Waals surface area contributed by atoms with E-state index in [0.29, 0.717) is 16.8 Å². The van der Waals surface area contributed by atoms with E-state index in [1.165, 1.54) is 12.1 Å². The number of alkyl carbamates (subject to hydrolysis) is 1. The van der Waals surface area contributed by atoms with E-state index < -0.39 is 35.3 Å². The van der Waals surface area contributed by atoms with Crippen LogP contribution in [0.25, 0.3) is 0 Å². The number of anilines is 1. The minimum Gasteiger partial charge on any atom is -0.489 e. The van der Waals surface area contributed by atoms with Crippen molar-refractivity contribution in [3.63, 3.8) is 0 Å². The fraction of sp³-hybridized carbons (Fsp3) is 0.375. The predicted octanol–water partition coefficient (Wildman–Crippen LogP) is 5.15. The predicted molar refractivity (Wildman–Crippen MR) is 131 cm³/mol. The van der Waals surface area contributed by atoms with Crippen LogP contribution in [-0.4, -0.2) is 45.1 Å². The number of nitrogens with zero attached hydrogens (tertiary/aromatic N) is 3. The first-order valence-electron chi connectivity index (χ1n) is 11.3. The highest BCUT2D eigenvalue weighted by molar-refractivity contribution is 7.06. The SMILES string of the molecule is Cc1nsc(Cc2cnc(C(F)(F)F)cn2)c1C(=O)Nc1ccc(OCCNC(=O)OC(C)(C)C)c(F)c1. The molecule has 0 unspecified atom stereocenters.